The number of nitrogens with zero attached hydrogens (tertiary/aromatic N) is 1. The van der Waals surface area contributed by atoms with Crippen molar-refractivity contribution in [2.24, 2.45) is 0 Å². The molecule has 160 valence electrons. The van der Waals surface area contributed by atoms with Crippen LogP contribution in [0, 0.1) is 13.8 Å². The van der Waals surface area contributed by atoms with Crippen LogP contribution in [0.15, 0.2) is 78.4 Å². The third-order valence-corrected chi connectivity index (χ3v) is 5.04. The minimum absolute atomic E-state index is 0.112. The molecule has 6 heteroatoms. The summed E-state index contributed by atoms with van der Waals surface area (Å²) in [7, 11) is 0. The Morgan fingerprint density at radius 2 is 1.56 bits per heavy atom. The summed E-state index contributed by atoms with van der Waals surface area (Å²) in [5.74, 6) is -0.711. The molecule has 32 heavy (non-hydrogen) atoms. The smallest absolute Gasteiger partial charge is 0.335 e. The monoisotopic (exact) mass is 426 g/mol. The fraction of sp³-hybridized carbons (Fsp3) is 0.115. The lowest BCUT2D eigenvalue weighted by Crippen LogP contribution is -2.54. The number of benzene rings is 3. The normalized spacial score (nSPS) is 15.1. The van der Waals surface area contributed by atoms with Crippen LogP contribution < -0.4 is 15.0 Å². The fourth-order valence-electron chi connectivity index (χ4n) is 3.45. The molecule has 0 radical (unpaired) electrons. The number of anilines is 1. The predicted octanol–water partition coefficient (Wildman–Crippen LogP) is 4.55. The largest absolute Gasteiger partial charge is 0.489 e. The molecule has 1 saturated heterocycles. The molecule has 1 aliphatic rings. The van der Waals surface area contributed by atoms with E-state index in [4.69, 9.17) is 4.74 Å². The van der Waals surface area contributed by atoms with E-state index in [1.165, 1.54) is 11.6 Å². The summed E-state index contributed by atoms with van der Waals surface area (Å²) < 4.78 is 5.81. The van der Waals surface area contributed by atoms with E-state index in [2.05, 4.69) is 11.4 Å². The van der Waals surface area contributed by atoms with Crippen molar-refractivity contribution in [1.82, 2.24) is 5.32 Å². The molecule has 0 saturated carbocycles. The number of ether oxygens (including phenoxy) is 1. The van der Waals surface area contributed by atoms with E-state index in [0.29, 0.717) is 23.6 Å². The lowest BCUT2D eigenvalue weighted by molar-refractivity contribution is -0.122. The topological polar surface area (TPSA) is 75.7 Å². The number of aryl methyl sites for hydroxylation is 2. The molecule has 6 nitrogen and oxygen atoms in total. The standard InChI is InChI=1S/C26H22N2O4/c1-17-5-3-7-20(13-17)16-32-22-11-9-19(10-12-22)15-23-24(29)27-26(31)28(25(23)30)21-8-4-6-18(2)14-21/h3-15H,16H2,1-2H3,(H,27,29,31)/b23-15+. The van der Waals surface area contributed by atoms with Gasteiger partial charge in [0.25, 0.3) is 11.8 Å². The number of urea groups is 1. The number of barbiturate groups is 1. The molecule has 0 aromatic heterocycles. The second-order valence-electron chi connectivity index (χ2n) is 7.64. The van der Waals surface area contributed by atoms with Crippen LogP contribution >= 0.6 is 0 Å². The number of imide groups is 2. The maximum Gasteiger partial charge on any atom is 0.335 e. The number of nitrogens with one attached hydrogen (secondary N) is 1. The first-order valence-corrected chi connectivity index (χ1v) is 10.2. The van der Waals surface area contributed by atoms with E-state index in [0.717, 1.165) is 16.0 Å². The molecule has 0 unspecified atom stereocenters. The molecule has 1 fully saturated rings. The highest BCUT2D eigenvalue weighted by atomic mass is 16.5. The molecule has 1 heterocycles. The molecule has 3 aromatic carbocycles. The Morgan fingerprint density at radius 1 is 0.875 bits per heavy atom. The van der Waals surface area contributed by atoms with Gasteiger partial charge in [-0.2, -0.15) is 0 Å². The van der Waals surface area contributed by atoms with Crippen molar-refractivity contribution in [2.45, 2.75) is 20.5 Å². The van der Waals surface area contributed by atoms with E-state index in [9.17, 15) is 14.4 Å². The van der Waals surface area contributed by atoms with Crippen LogP contribution in [0.2, 0.25) is 0 Å². The van der Waals surface area contributed by atoms with Gasteiger partial charge >= 0.3 is 6.03 Å². The fourth-order valence-corrected chi connectivity index (χ4v) is 3.45. The third kappa shape index (κ3) is 4.59. The van der Waals surface area contributed by atoms with Crippen molar-refractivity contribution in [1.29, 1.82) is 0 Å². The molecule has 4 rings (SSSR count). The summed E-state index contributed by atoms with van der Waals surface area (Å²) in [6, 6.07) is 21.4. The first-order valence-electron chi connectivity index (χ1n) is 10.2. The molecule has 0 spiro atoms. The van der Waals surface area contributed by atoms with Gasteiger partial charge in [0.1, 0.15) is 17.9 Å². The average molecular weight is 426 g/mol. The van der Waals surface area contributed by atoms with Crippen LogP contribution in [0.1, 0.15) is 22.3 Å². The zero-order chi connectivity index (χ0) is 22.7. The van der Waals surface area contributed by atoms with Gasteiger partial charge in [-0.1, -0.05) is 54.1 Å². The summed E-state index contributed by atoms with van der Waals surface area (Å²) in [6.07, 6.45) is 1.47. The SMILES string of the molecule is Cc1cccc(COc2ccc(/C=C3\C(=O)NC(=O)N(c4cccc(C)c4)C3=O)cc2)c1. The van der Waals surface area contributed by atoms with Crippen molar-refractivity contribution in [2.75, 3.05) is 4.90 Å². The second kappa shape index (κ2) is 8.89. The number of hydrogen-bond acceptors (Lipinski definition) is 4. The summed E-state index contributed by atoms with van der Waals surface area (Å²) in [5.41, 5.74) is 4.07. The van der Waals surface area contributed by atoms with Crippen LogP contribution in [0.25, 0.3) is 6.08 Å². The number of carbonyl (C=O) groups is 3. The molecule has 0 bridgehead atoms. The van der Waals surface area contributed by atoms with Gasteiger partial charge in [0.05, 0.1) is 5.69 Å². The summed E-state index contributed by atoms with van der Waals surface area (Å²) in [4.78, 5) is 38.6. The van der Waals surface area contributed by atoms with Crippen LogP contribution in [0.5, 0.6) is 5.75 Å². The van der Waals surface area contributed by atoms with E-state index in [1.54, 1.807) is 42.5 Å². The van der Waals surface area contributed by atoms with Crippen molar-refractivity contribution in [3.63, 3.8) is 0 Å². The maximum absolute atomic E-state index is 13.0. The summed E-state index contributed by atoms with van der Waals surface area (Å²) in [6.45, 7) is 4.33. The third-order valence-electron chi connectivity index (χ3n) is 5.04. The molecule has 0 atom stereocenters. The van der Waals surface area contributed by atoms with Gasteiger partial charge in [-0.15, -0.1) is 0 Å². The zero-order valence-corrected chi connectivity index (χ0v) is 17.8. The highest BCUT2D eigenvalue weighted by Gasteiger charge is 2.36. The maximum atomic E-state index is 13.0. The average Bonchev–Trinajstić information content (AvgIpc) is 2.76. The Hall–Kier alpha value is -4.19. The summed E-state index contributed by atoms with van der Waals surface area (Å²) in [5, 5.41) is 2.24. The lowest BCUT2D eigenvalue weighted by atomic mass is 10.1. The Labute approximate surface area is 186 Å². The zero-order valence-electron chi connectivity index (χ0n) is 17.8. The van der Waals surface area contributed by atoms with Gasteiger partial charge in [-0.3, -0.25) is 14.9 Å². The van der Waals surface area contributed by atoms with Crippen LogP contribution in [-0.4, -0.2) is 17.8 Å². The first-order chi connectivity index (χ1) is 15.4. The highest BCUT2D eigenvalue weighted by Crippen LogP contribution is 2.23. The first kappa shape index (κ1) is 21.1. The van der Waals surface area contributed by atoms with Gasteiger partial charge in [-0.05, 0) is 60.9 Å². The van der Waals surface area contributed by atoms with E-state index in [-0.39, 0.29) is 5.57 Å². The van der Waals surface area contributed by atoms with Crippen LogP contribution in [0.3, 0.4) is 0 Å². The van der Waals surface area contributed by atoms with E-state index < -0.39 is 17.8 Å². The molecular formula is C26H22N2O4. The molecule has 0 aliphatic carbocycles. The highest BCUT2D eigenvalue weighted by molar-refractivity contribution is 6.39. The Morgan fingerprint density at radius 3 is 2.25 bits per heavy atom. The second-order valence-corrected chi connectivity index (χ2v) is 7.64. The minimum Gasteiger partial charge on any atom is -0.489 e. The van der Waals surface area contributed by atoms with E-state index in [1.807, 2.05) is 38.1 Å². The van der Waals surface area contributed by atoms with Gasteiger partial charge in [0.15, 0.2) is 0 Å². The minimum atomic E-state index is -0.761. The van der Waals surface area contributed by atoms with E-state index >= 15 is 0 Å². The molecular weight excluding hydrogens is 404 g/mol. The Balaban J connectivity index is 1.52. The number of amides is 4. The quantitative estimate of drug-likeness (QED) is 0.480. The molecule has 1 aliphatic heterocycles. The van der Waals surface area contributed by atoms with Gasteiger partial charge in [0, 0.05) is 0 Å². The van der Waals surface area contributed by atoms with Crippen molar-refractivity contribution in [3.05, 3.63) is 101 Å². The van der Waals surface area contributed by atoms with Gasteiger partial charge in [0.2, 0.25) is 0 Å². The summed E-state index contributed by atoms with van der Waals surface area (Å²) >= 11 is 0. The number of carbonyl (C=O) groups excluding carboxylic acids is 3. The molecule has 4 amide bonds. The van der Waals surface area contributed by atoms with Gasteiger partial charge in [-0.25, -0.2) is 9.69 Å². The Bertz CT molecular complexity index is 1230. The number of rotatable bonds is 5. The van der Waals surface area contributed by atoms with Crippen molar-refractivity contribution < 1.29 is 19.1 Å². The Kier molecular flexibility index (Phi) is 5.85. The van der Waals surface area contributed by atoms with Crippen molar-refractivity contribution >= 4 is 29.6 Å². The predicted molar refractivity (Wildman–Crippen MR) is 122 cm³/mol. The van der Waals surface area contributed by atoms with Crippen molar-refractivity contribution in [3.8, 4) is 5.75 Å². The molecule has 3 aromatic rings. The number of hydrogen-bond donors (Lipinski definition) is 1. The molecule has 1 N–H and O–H groups in total. The lowest BCUT2D eigenvalue weighted by Gasteiger charge is -2.26. The van der Waals surface area contributed by atoms with Crippen LogP contribution in [-0.2, 0) is 16.2 Å². The van der Waals surface area contributed by atoms with Crippen LogP contribution in [0.4, 0.5) is 10.5 Å². The van der Waals surface area contributed by atoms with Gasteiger partial charge < -0.3 is 4.74 Å².